The molecule has 27 heavy (non-hydrogen) atoms. The number of hydrogen-bond acceptors (Lipinski definition) is 5. The van der Waals surface area contributed by atoms with Crippen molar-refractivity contribution in [1.29, 1.82) is 0 Å². The second-order valence-corrected chi connectivity index (χ2v) is 7.84. The Morgan fingerprint density at radius 1 is 1.00 bits per heavy atom. The fourth-order valence-corrected chi connectivity index (χ4v) is 3.31. The fourth-order valence-electron chi connectivity index (χ4n) is 3.31. The van der Waals surface area contributed by atoms with E-state index in [2.05, 4.69) is 64.8 Å². The van der Waals surface area contributed by atoms with Crippen molar-refractivity contribution in [2.45, 2.75) is 39.0 Å². The van der Waals surface area contributed by atoms with Gasteiger partial charge in [-0.1, -0.05) is 32.9 Å². The highest BCUT2D eigenvalue weighted by molar-refractivity contribution is 5.31. The molecule has 0 bridgehead atoms. The first kappa shape index (κ1) is 19.6. The molecule has 0 N–H and O–H groups in total. The Labute approximate surface area is 163 Å². The number of ether oxygens (including phenoxy) is 1. The van der Waals surface area contributed by atoms with E-state index in [0.717, 1.165) is 63.9 Å². The van der Waals surface area contributed by atoms with Crippen LogP contribution in [0.2, 0.25) is 0 Å². The summed E-state index contributed by atoms with van der Waals surface area (Å²) >= 11 is 0. The molecule has 1 fully saturated rings. The van der Waals surface area contributed by atoms with Crippen molar-refractivity contribution >= 4 is 5.95 Å². The van der Waals surface area contributed by atoms with Gasteiger partial charge in [-0.05, 0) is 42.0 Å². The summed E-state index contributed by atoms with van der Waals surface area (Å²) in [5.41, 5.74) is 1.60. The van der Waals surface area contributed by atoms with Gasteiger partial charge in [0.25, 0.3) is 0 Å². The molecule has 3 rings (SSSR count). The number of anilines is 1. The van der Waals surface area contributed by atoms with E-state index in [1.54, 1.807) is 0 Å². The molecule has 1 saturated heterocycles. The van der Waals surface area contributed by atoms with Crippen LogP contribution in [-0.2, 0) is 5.41 Å². The highest BCUT2D eigenvalue weighted by Gasteiger charge is 2.19. The van der Waals surface area contributed by atoms with Gasteiger partial charge in [0, 0.05) is 45.1 Å². The predicted molar refractivity (Wildman–Crippen MR) is 111 cm³/mol. The first-order valence-electron chi connectivity index (χ1n) is 10.1. The average Bonchev–Trinajstić information content (AvgIpc) is 2.73. The lowest BCUT2D eigenvalue weighted by Crippen LogP contribution is -2.47. The largest absolute Gasteiger partial charge is 0.494 e. The smallest absolute Gasteiger partial charge is 0.225 e. The lowest BCUT2D eigenvalue weighted by molar-refractivity contribution is 0.224. The molecule has 1 aromatic heterocycles. The minimum absolute atomic E-state index is 0.228. The lowest BCUT2D eigenvalue weighted by atomic mass is 9.82. The Balaban J connectivity index is 1.35. The predicted octanol–water partition coefficient (Wildman–Crippen LogP) is 3.76. The van der Waals surface area contributed by atoms with Crippen LogP contribution in [0.25, 0.3) is 0 Å². The zero-order valence-electron chi connectivity index (χ0n) is 16.9. The van der Waals surface area contributed by atoms with Gasteiger partial charge in [0.15, 0.2) is 0 Å². The maximum atomic E-state index is 5.93. The number of rotatable bonds is 8. The first-order chi connectivity index (χ1) is 13.1. The van der Waals surface area contributed by atoms with Crippen LogP contribution in [0, 0.1) is 0 Å². The SMILES string of the molecule is CCC(C)(C)c1ccc(OCCCN2CCN(c3ncccn3)CC2)cc1. The molecule has 0 spiro atoms. The van der Waals surface area contributed by atoms with Gasteiger partial charge in [-0.15, -0.1) is 0 Å². The molecular weight excluding hydrogens is 336 g/mol. The minimum atomic E-state index is 0.228. The minimum Gasteiger partial charge on any atom is -0.494 e. The van der Waals surface area contributed by atoms with Crippen LogP contribution in [0.15, 0.2) is 42.7 Å². The van der Waals surface area contributed by atoms with E-state index in [4.69, 9.17) is 4.74 Å². The van der Waals surface area contributed by atoms with Gasteiger partial charge >= 0.3 is 0 Å². The topological polar surface area (TPSA) is 41.5 Å². The van der Waals surface area contributed by atoms with E-state index in [-0.39, 0.29) is 5.41 Å². The van der Waals surface area contributed by atoms with Gasteiger partial charge in [0.1, 0.15) is 5.75 Å². The van der Waals surface area contributed by atoms with E-state index in [0.29, 0.717) is 0 Å². The Kier molecular flexibility index (Phi) is 6.67. The third kappa shape index (κ3) is 5.42. The molecule has 0 radical (unpaired) electrons. The van der Waals surface area contributed by atoms with Crippen LogP contribution in [0.5, 0.6) is 5.75 Å². The molecular formula is C22H32N4O. The summed E-state index contributed by atoms with van der Waals surface area (Å²) < 4.78 is 5.93. The Bertz CT molecular complexity index is 679. The molecule has 1 aliphatic rings. The molecule has 2 heterocycles. The Morgan fingerprint density at radius 3 is 2.30 bits per heavy atom. The Morgan fingerprint density at radius 2 is 1.67 bits per heavy atom. The molecule has 1 aromatic carbocycles. The number of hydrogen-bond donors (Lipinski definition) is 0. The molecule has 0 atom stereocenters. The van der Waals surface area contributed by atoms with E-state index in [1.807, 2.05) is 18.5 Å². The number of benzene rings is 1. The van der Waals surface area contributed by atoms with Gasteiger partial charge in [0.2, 0.25) is 5.95 Å². The second-order valence-electron chi connectivity index (χ2n) is 7.84. The number of nitrogens with zero attached hydrogens (tertiary/aromatic N) is 4. The van der Waals surface area contributed by atoms with E-state index >= 15 is 0 Å². The third-order valence-electron chi connectivity index (χ3n) is 5.61. The standard InChI is InChI=1S/C22H32N4O/c1-4-22(2,3)19-7-9-20(10-8-19)27-18-6-13-25-14-16-26(17-15-25)21-23-11-5-12-24-21/h5,7-12H,4,6,13-18H2,1-3H3. The zero-order valence-corrected chi connectivity index (χ0v) is 16.9. The quantitative estimate of drug-likeness (QED) is 0.664. The van der Waals surface area contributed by atoms with Gasteiger partial charge in [-0.2, -0.15) is 0 Å². The van der Waals surface area contributed by atoms with Gasteiger partial charge < -0.3 is 9.64 Å². The maximum Gasteiger partial charge on any atom is 0.225 e. The van der Waals surface area contributed by atoms with Crippen molar-refractivity contribution in [1.82, 2.24) is 14.9 Å². The molecule has 0 unspecified atom stereocenters. The van der Waals surface area contributed by atoms with Crippen LogP contribution in [0.3, 0.4) is 0 Å². The molecule has 0 saturated carbocycles. The van der Waals surface area contributed by atoms with Crippen molar-refractivity contribution in [2.75, 3.05) is 44.2 Å². The second kappa shape index (κ2) is 9.18. The monoisotopic (exact) mass is 368 g/mol. The normalized spacial score (nSPS) is 15.7. The molecule has 2 aromatic rings. The lowest BCUT2D eigenvalue weighted by Gasteiger charge is -2.34. The van der Waals surface area contributed by atoms with E-state index < -0.39 is 0 Å². The number of piperazine rings is 1. The van der Waals surface area contributed by atoms with Gasteiger partial charge in [-0.3, -0.25) is 4.90 Å². The molecule has 0 aliphatic carbocycles. The Hall–Kier alpha value is -2.14. The zero-order chi connectivity index (χ0) is 19.1. The first-order valence-corrected chi connectivity index (χ1v) is 10.1. The van der Waals surface area contributed by atoms with Crippen molar-refractivity contribution in [2.24, 2.45) is 0 Å². The van der Waals surface area contributed by atoms with Crippen molar-refractivity contribution in [3.05, 3.63) is 48.3 Å². The van der Waals surface area contributed by atoms with Gasteiger partial charge in [-0.25, -0.2) is 9.97 Å². The maximum absolute atomic E-state index is 5.93. The van der Waals surface area contributed by atoms with E-state index in [1.165, 1.54) is 5.56 Å². The van der Waals surface area contributed by atoms with Crippen molar-refractivity contribution in [3.63, 3.8) is 0 Å². The van der Waals surface area contributed by atoms with Crippen LogP contribution in [-0.4, -0.2) is 54.2 Å². The van der Waals surface area contributed by atoms with Gasteiger partial charge in [0.05, 0.1) is 6.61 Å². The highest BCUT2D eigenvalue weighted by atomic mass is 16.5. The van der Waals surface area contributed by atoms with Crippen LogP contribution in [0.4, 0.5) is 5.95 Å². The highest BCUT2D eigenvalue weighted by Crippen LogP contribution is 2.28. The number of aromatic nitrogens is 2. The fraction of sp³-hybridized carbons (Fsp3) is 0.545. The molecule has 5 nitrogen and oxygen atoms in total. The van der Waals surface area contributed by atoms with Crippen molar-refractivity contribution < 1.29 is 4.74 Å². The molecule has 5 heteroatoms. The summed E-state index contributed by atoms with van der Waals surface area (Å²) in [4.78, 5) is 13.4. The molecule has 1 aliphatic heterocycles. The van der Waals surface area contributed by atoms with Crippen LogP contribution >= 0.6 is 0 Å². The van der Waals surface area contributed by atoms with Crippen molar-refractivity contribution in [3.8, 4) is 5.75 Å². The molecule has 146 valence electrons. The summed E-state index contributed by atoms with van der Waals surface area (Å²) in [6.07, 6.45) is 5.80. The summed E-state index contributed by atoms with van der Waals surface area (Å²) in [5, 5.41) is 0. The average molecular weight is 369 g/mol. The summed E-state index contributed by atoms with van der Waals surface area (Å²) in [6, 6.07) is 10.5. The summed E-state index contributed by atoms with van der Waals surface area (Å²) in [5.74, 6) is 1.81. The van der Waals surface area contributed by atoms with E-state index in [9.17, 15) is 0 Å². The summed E-state index contributed by atoms with van der Waals surface area (Å²) in [7, 11) is 0. The molecule has 0 amide bonds. The van der Waals surface area contributed by atoms with Crippen LogP contribution < -0.4 is 9.64 Å². The third-order valence-corrected chi connectivity index (χ3v) is 5.61. The van der Waals surface area contributed by atoms with Crippen LogP contribution in [0.1, 0.15) is 39.2 Å². The summed E-state index contributed by atoms with van der Waals surface area (Å²) in [6.45, 7) is 12.7.